The summed E-state index contributed by atoms with van der Waals surface area (Å²) >= 11 is 6.85. The van der Waals surface area contributed by atoms with E-state index in [1.165, 1.54) is 6.08 Å². The summed E-state index contributed by atoms with van der Waals surface area (Å²) in [5, 5.41) is 2.04. The largest absolute Gasteiger partial charge is 0.462 e. The van der Waals surface area contributed by atoms with Gasteiger partial charge in [-0.3, -0.25) is 14.9 Å². The molecule has 1 aromatic carbocycles. The predicted octanol–water partition coefficient (Wildman–Crippen LogP) is 4.10. The highest BCUT2D eigenvalue weighted by atomic mass is 35.5. The predicted molar refractivity (Wildman–Crippen MR) is 94.2 cm³/mol. The van der Waals surface area contributed by atoms with Gasteiger partial charge in [0.2, 0.25) is 0 Å². The van der Waals surface area contributed by atoms with Crippen LogP contribution in [0.2, 0.25) is 5.02 Å². The van der Waals surface area contributed by atoms with E-state index in [1.54, 1.807) is 37.3 Å². The summed E-state index contributed by atoms with van der Waals surface area (Å²) in [5.41, 5.74) is 0.880. The van der Waals surface area contributed by atoms with E-state index >= 15 is 0 Å². The molecule has 1 aliphatic heterocycles. The number of nitrogens with one attached hydrogen (secondary N) is 1. The van der Waals surface area contributed by atoms with Crippen LogP contribution in [-0.2, 0) is 9.53 Å². The van der Waals surface area contributed by atoms with Gasteiger partial charge in [0, 0.05) is 11.6 Å². The van der Waals surface area contributed by atoms with Crippen LogP contribution < -0.4 is 5.32 Å². The highest BCUT2D eigenvalue weighted by molar-refractivity contribution is 8.18. The smallest absolute Gasteiger partial charge is 0.339 e. The molecule has 1 fully saturated rings. The first-order valence-electron chi connectivity index (χ1n) is 7.29. The van der Waals surface area contributed by atoms with E-state index in [1.807, 2.05) is 0 Å². The summed E-state index contributed by atoms with van der Waals surface area (Å²) < 4.78 is 10.6. The molecule has 3 rings (SSSR count). The molecule has 0 bridgehead atoms. The molecule has 1 aromatic heterocycles. The van der Waals surface area contributed by atoms with Gasteiger partial charge in [-0.25, -0.2) is 4.79 Å². The van der Waals surface area contributed by atoms with Crippen LogP contribution in [0.5, 0.6) is 0 Å². The minimum absolute atomic E-state index is 0.244. The number of carbonyl (C=O) groups excluding carboxylic acids is 3. The Labute approximate surface area is 152 Å². The molecule has 1 N–H and O–H groups in total. The van der Waals surface area contributed by atoms with Gasteiger partial charge in [0.25, 0.3) is 11.1 Å². The molecule has 0 aliphatic carbocycles. The fourth-order valence-electron chi connectivity index (χ4n) is 2.18. The standard InChI is InChI=1S/C17H12ClNO5S/c1-2-23-16(21)11-7-9(3-5-12(11)18)13-6-4-10(24-13)8-14-15(20)19-17(22)25-14/h3-8H,2H2,1H3,(H,19,20,22)/b14-8-. The fourth-order valence-corrected chi connectivity index (χ4v) is 3.04. The molecule has 0 unspecified atom stereocenters. The Morgan fingerprint density at radius 2 is 2.12 bits per heavy atom. The van der Waals surface area contributed by atoms with E-state index in [0.717, 1.165) is 11.8 Å². The second-order valence-electron chi connectivity index (χ2n) is 4.97. The number of esters is 1. The van der Waals surface area contributed by atoms with Gasteiger partial charge in [0.05, 0.1) is 22.1 Å². The van der Waals surface area contributed by atoms with E-state index in [-0.39, 0.29) is 22.1 Å². The van der Waals surface area contributed by atoms with Crippen molar-refractivity contribution in [3.8, 4) is 11.3 Å². The Hall–Kier alpha value is -2.51. The van der Waals surface area contributed by atoms with Gasteiger partial charge in [-0.15, -0.1) is 0 Å². The average molecular weight is 378 g/mol. The number of hydrogen-bond acceptors (Lipinski definition) is 6. The van der Waals surface area contributed by atoms with Crippen LogP contribution >= 0.6 is 23.4 Å². The molecule has 2 heterocycles. The van der Waals surface area contributed by atoms with Gasteiger partial charge in [0.15, 0.2) is 0 Å². The second-order valence-corrected chi connectivity index (χ2v) is 6.39. The third-order valence-electron chi connectivity index (χ3n) is 3.29. The lowest BCUT2D eigenvalue weighted by Crippen LogP contribution is -2.17. The number of benzene rings is 1. The fraction of sp³-hybridized carbons (Fsp3) is 0.118. The molecule has 6 nitrogen and oxygen atoms in total. The summed E-state index contributed by atoms with van der Waals surface area (Å²) in [4.78, 5) is 34.9. The third-order valence-corrected chi connectivity index (χ3v) is 4.43. The molecule has 0 saturated carbocycles. The van der Waals surface area contributed by atoms with Gasteiger partial charge < -0.3 is 9.15 Å². The molecular formula is C17H12ClNO5S. The summed E-state index contributed by atoms with van der Waals surface area (Å²) in [6.07, 6.45) is 1.48. The number of hydrogen-bond donors (Lipinski definition) is 1. The Kier molecular flexibility index (Phi) is 4.96. The van der Waals surface area contributed by atoms with E-state index in [0.29, 0.717) is 17.1 Å². The van der Waals surface area contributed by atoms with Gasteiger partial charge in [-0.05, 0) is 49.0 Å². The lowest BCUT2D eigenvalue weighted by Gasteiger charge is -2.05. The SMILES string of the molecule is CCOC(=O)c1cc(-c2ccc(/C=C3\SC(=O)NC3=O)o2)ccc1Cl. The minimum Gasteiger partial charge on any atom is -0.462 e. The van der Waals surface area contributed by atoms with Crippen molar-refractivity contribution in [1.82, 2.24) is 5.32 Å². The number of ether oxygens (including phenoxy) is 1. The van der Waals surface area contributed by atoms with Crippen LogP contribution in [-0.4, -0.2) is 23.7 Å². The zero-order valence-electron chi connectivity index (χ0n) is 13.0. The topological polar surface area (TPSA) is 85.6 Å². The number of thioether (sulfide) groups is 1. The Balaban J connectivity index is 1.89. The van der Waals surface area contributed by atoms with Crippen molar-refractivity contribution in [3.05, 3.63) is 51.6 Å². The molecule has 2 aromatic rings. The number of amides is 2. The van der Waals surface area contributed by atoms with Crippen LogP contribution in [0.25, 0.3) is 17.4 Å². The monoisotopic (exact) mass is 377 g/mol. The molecule has 2 amide bonds. The van der Waals surface area contributed by atoms with E-state index in [2.05, 4.69) is 5.32 Å². The van der Waals surface area contributed by atoms with Crippen LogP contribution in [0.3, 0.4) is 0 Å². The van der Waals surface area contributed by atoms with Crippen LogP contribution in [0.15, 0.2) is 39.7 Å². The van der Waals surface area contributed by atoms with Crippen molar-refractivity contribution in [1.29, 1.82) is 0 Å². The average Bonchev–Trinajstić information content (AvgIpc) is 3.15. The maximum Gasteiger partial charge on any atom is 0.339 e. The van der Waals surface area contributed by atoms with Crippen molar-refractivity contribution < 1.29 is 23.5 Å². The van der Waals surface area contributed by atoms with Crippen molar-refractivity contribution in [3.63, 3.8) is 0 Å². The summed E-state index contributed by atoms with van der Waals surface area (Å²) in [5.74, 6) is -0.0661. The second kappa shape index (κ2) is 7.16. The van der Waals surface area contributed by atoms with Crippen molar-refractivity contribution in [2.24, 2.45) is 0 Å². The van der Waals surface area contributed by atoms with Gasteiger partial charge in [0.1, 0.15) is 11.5 Å². The Morgan fingerprint density at radius 1 is 1.32 bits per heavy atom. The molecule has 8 heteroatoms. The maximum absolute atomic E-state index is 11.9. The molecular weight excluding hydrogens is 366 g/mol. The minimum atomic E-state index is -0.513. The molecule has 0 spiro atoms. The first-order valence-corrected chi connectivity index (χ1v) is 8.49. The van der Waals surface area contributed by atoms with Gasteiger partial charge in [-0.2, -0.15) is 0 Å². The number of halogens is 1. The van der Waals surface area contributed by atoms with Crippen LogP contribution in [0.1, 0.15) is 23.0 Å². The van der Waals surface area contributed by atoms with Crippen molar-refractivity contribution >= 4 is 46.6 Å². The lowest BCUT2D eigenvalue weighted by molar-refractivity contribution is -0.115. The third kappa shape index (κ3) is 3.78. The van der Waals surface area contributed by atoms with Crippen molar-refractivity contribution in [2.75, 3.05) is 6.61 Å². The highest BCUT2D eigenvalue weighted by Gasteiger charge is 2.25. The molecule has 1 aliphatic rings. The summed E-state index contributed by atoms with van der Waals surface area (Å²) in [6.45, 7) is 1.96. The summed E-state index contributed by atoms with van der Waals surface area (Å²) in [7, 11) is 0. The lowest BCUT2D eigenvalue weighted by atomic mass is 10.1. The number of furan rings is 1. The maximum atomic E-state index is 11.9. The molecule has 1 saturated heterocycles. The molecule has 0 atom stereocenters. The zero-order chi connectivity index (χ0) is 18.0. The number of carbonyl (C=O) groups is 3. The van der Waals surface area contributed by atoms with Crippen LogP contribution in [0.4, 0.5) is 4.79 Å². The Bertz CT molecular complexity index is 902. The summed E-state index contributed by atoms with van der Waals surface area (Å²) in [6, 6.07) is 8.24. The van der Waals surface area contributed by atoms with E-state index in [4.69, 9.17) is 20.8 Å². The number of imide groups is 1. The Morgan fingerprint density at radius 3 is 2.80 bits per heavy atom. The quantitative estimate of drug-likeness (QED) is 0.637. The van der Waals surface area contributed by atoms with Gasteiger partial charge >= 0.3 is 5.97 Å². The first kappa shape index (κ1) is 17.3. The number of rotatable bonds is 4. The van der Waals surface area contributed by atoms with E-state index in [9.17, 15) is 14.4 Å². The van der Waals surface area contributed by atoms with Crippen LogP contribution in [0, 0.1) is 0 Å². The molecule has 0 radical (unpaired) electrons. The first-order chi connectivity index (χ1) is 12.0. The molecule has 128 valence electrons. The normalized spacial score (nSPS) is 15.5. The van der Waals surface area contributed by atoms with E-state index < -0.39 is 17.1 Å². The zero-order valence-corrected chi connectivity index (χ0v) is 14.6. The van der Waals surface area contributed by atoms with Gasteiger partial charge in [-0.1, -0.05) is 11.6 Å². The molecule has 25 heavy (non-hydrogen) atoms. The highest BCUT2D eigenvalue weighted by Crippen LogP contribution is 2.30. The van der Waals surface area contributed by atoms with Crippen molar-refractivity contribution in [2.45, 2.75) is 6.92 Å².